The quantitative estimate of drug-likeness (QED) is 0.132. The third-order valence-electron chi connectivity index (χ3n) is 3.26. The molecule has 0 aromatic rings. The molecule has 0 radical (unpaired) electrons. The van der Waals surface area contributed by atoms with E-state index in [9.17, 15) is 14.4 Å². The van der Waals surface area contributed by atoms with Crippen LogP contribution < -0.4 is 5.32 Å². The average Bonchev–Trinajstić information content (AvgIpc) is 2.54. The highest BCUT2D eigenvalue weighted by molar-refractivity contribution is 5.70. The normalized spacial score (nSPS) is 13.2. The first-order valence-corrected chi connectivity index (χ1v) is 8.84. The van der Waals surface area contributed by atoms with Gasteiger partial charge < -0.3 is 24.6 Å². The van der Waals surface area contributed by atoms with Crippen LogP contribution in [0.3, 0.4) is 0 Å². The third-order valence-corrected chi connectivity index (χ3v) is 3.26. The Morgan fingerprint density at radius 2 is 1.71 bits per heavy atom. The number of nitrogens with zero attached hydrogens (tertiary/aromatic N) is 1. The summed E-state index contributed by atoms with van der Waals surface area (Å²) in [6.07, 6.45) is -1.48. The van der Waals surface area contributed by atoms with E-state index in [1.54, 1.807) is 0 Å². The number of rotatable bonds is 15. The van der Waals surface area contributed by atoms with Gasteiger partial charge in [-0.2, -0.15) is 0 Å². The van der Waals surface area contributed by atoms with Crippen LogP contribution in [0.5, 0.6) is 0 Å². The number of carbonyl (C=O) groups excluding carboxylic acids is 2. The zero-order valence-corrected chi connectivity index (χ0v) is 16.3. The van der Waals surface area contributed by atoms with Crippen LogP contribution in [0.25, 0.3) is 0 Å². The van der Waals surface area contributed by atoms with Crippen molar-refractivity contribution in [3.05, 3.63) is 0 Å². The topological polar surface area (TPSA) is 164 Å². The molecule has 0 aliphatic heterocycles. The van der Waals surface area contributed by atoms with E-state index in [2.05, 4.69) is 10.2 Å². The highest BCUT2D eigenvalue weighted by Crippen LogP contribution is 2.14. The number of carbonyl (C=O) groups is 3. The molecule has 1 unspecified atom stereocenters. The van der Waals surface area contributed by atoms with Crippen LogP contribution in [-0.4, -0.2) is 71.6 Å². The van der Waals surface area contributed by atoms with Crippen LogP contribution in [0, 0.1) is 11.8 Å². The number of alkyl carbamates (subject to hydrolysis) is 1. The highest BCUT2D eigenvalue weighted by Gasteiger charge is 2.18. The fraction of sp³-hybridized carbons (Fsp3) is 0.812. The maximum absolute atomic E-state index is 11.7. The van der Waals surface area contributed by atoms with Gasteiger partial charge in [0, 0.05) is 19.9 Å². The molecule has 0 fully saturated rings. The van der Waals surface area contributed by atoms with Gasteiger partial charge in [-0.3, -0.25) is 20.0 Å². The summed E-state index contributed by atoms with van der Waals surface area (Å²) in [7, 11) is 0. The lowest BCUT2D eigenvalue weighted by molar-refractivity contribution is -0.493. The maximum atomic E-state index is 11.7. The average molecular weight is 410 g/mol. The number of hydrogen-bond acceptors (Lipinski definition) is 10. The van der Waals surface area contributed by atoms with Gasteiger partial charge in [0.1, 0.15) is 0 Å². The Kier molecular flexibility index (Phi) is 13.9. The Hall–Kier alpha value is -1.99. The summed E-state index contributed by atoms with van der Waals surface area (Å²) in [5, 5.41) is 27.5. The molecule has 28 heavy (non-hydrogen) atoms. The number of hydrogen-bond donors (Lipinski definition) is 4. The first kappa shape index (κ1) is 26.0. The number of amides is 1. The summed E-state index contributed by atoms with van der Waals surface area (Å²) in [5.74, 6) is -1.55. The van der Waals surface area contributed by atoms with Gasteiger partial charge >= 0.3 is 18.0 Å². The standard InChI is InChI=1S/C16H30N2O10/c1-11(2)8-13(9-14(19)20)10-17-16(22)28-12(3)27-15(21)4-5-25-6-7-26-18(23)24/h11-13,23-24H,4-10H2,1-3H3,(H,17,22)(H,19,20)/t12?,13-/m0/s1. The highest BCUT2D eigenvalue weighted by atomic mass is 17.1. The van der Waals surface area contributed by atoms with Crippen molar-refractivity contribution in [1.82, 2.24) is 10.7 Å². The predicted octanol–water partition coefficient (Wildman–Crippen LogP) is 1.16. The number of esters is 1. The summed E-state index contributed by atoms with van der Waals surface area (Å²) in [6.45, 7) is 5.32. The van der Waals surface area contributed by atoms with Gasteiger partial charge in [-0.15, -0.1) is 0 Å². The molecule has 0 aliphatic rings. The SMILES string of the molecule is CC(C)C[C@H](CNC(=O)OC(C)OC(=O)CCOCCON(O)O)CC(=O)O. The zero-order valence-electron chi connectivity index (χ0n) is 16.3. The van der Waals surface area contributed by atoms with Crippen molar-refractivity contribution in [2.24, 2.45) is 11.8 Å². The molecule has 0 aromatic heterocycles. The molecule has 0 saturated carbocycles. The van der Waals surface area contributed by atoms with E-state index in [0.29, 0.717) is 6.42 Å². The largest absolute Gasteiger partial charge is 0.481 e. The van der Waals surface area contributed by atoms with Crippen molar-refractivity contribution in [3.8, 4) is 0 Å². The molecule has 0 rings (SSSR count). The number of ether oxygens (including phenoxy) is 3. The molecule has 0 aliphatic carbocycles. The minimum Gasteiger partial charge on any atom is -0.481 e. The fourth-order valence-corrected chi connectivity index (χ4v) is 2.28. The van der Waals surface area contributed by atoms with Gasteiger partial charge in [-0.05, 0) is 18.3 Å². The smallest absolute Gasteiger partial charge is 0.410 e. The van der Waals surface area contributed by atoms with Gasteiger partial charge in [-0.1, -0.05) is 13.8 Å². The van der Waals surface area contributed by atoms with Gasteiger partial charge in [0.05, 0.1) is 31.6 Å². The Balaban J connectivity index is 3.99. The summed E-state index contributed by atoms with van der Waals surface area (Å²) < 4.78 is 14.8. The summed E-state index contributed by atoms with van der Waals surface area (Å²) in [6, 6.07) is 0. The lowest BCUT2D eigenvalue weighted by Crippen LogP contribution is -2.34. The lowest BCUT2D eigenvalue weighted by Gasteiger charge is -2.19. The number of nitrogens with one attached hydrogen (secondary N) is 1. The number of carboxylic acids is 1. The maximum Gasteiger partial charge on any atom is 0.410 e. The first-order chi connectivity index (χ1) is 13.1. The fourth-order valence-electron chi connectivity index (χ4n) is 2.28. The summed E-state index contributed by atoms with van der Waals surface area (Å²) >= 11 is 0. The Labute approximate surface area is 163 Å². The van der Waals surface area contributed by atoms with E-state index >= 15 is 0 Å². The Morgan fingerprint density at radius 1 is 1.04 bits per heavy atom. The van der Waals surface area contributed by atoms with E-state index in [4.69, 9.17) is 29.7 Å². The third kappa shape index (κ3) is 16.2. The molecule has 164 valence electrons. The van der Waals surface area contributed by atoms with Crippen LogP contribution in [0.15, 0.2) is 0 Å². The summed E-state index contributed by atoms with van der Waals surface area (Å²) in [5.41, 5.74) is 0. The van der Waals surface area contributed by atoms with Crippen LogP contribution in [0.4, 0.5) is 4.79 Å². The van der Waals surface area contributed by atoms with Crippen molar-refractivity contribution >= 4 is 18.0 Å². The number of aliphatic carboxylic acids is 1. The van der Waals surface area contributed by atoms with Gasteiger partial charge in [-0.25, -0.2) is 9.63 Å². The molecule has 0 bridgehead atoms. The van der Waals surface area contributed by atoms with Gasteiger partial charge in [0.15, 0.2) is 0 Å². The molecule has 0 heterocycles. The van der Waals surface area contributed by atoms with Crippen LogP contribution in [-0.2, 0) is 28.6 Å². The molecular weight excluding hydrogens is 380 g/mol. The minimum absolute atomic E-state index is 0.00401. The molecule has 0 saturated heterocycles. The first-order valence-electron chi connectivity index (χ1n) is 8.84. The van der Waals surface area contributed by atoms with Crippen molar-refractivity contribution in [2.75, 3.05) is 26.4 Å². The Morgan fingerprint density at radius 3 is 2.29 bits per heavy atom. The van der Waals surface area contributed by atoms with Crippen LogP contribution in [0.1, 0.15) is 40.0 Å². The van der Waals surface area contributed by atoms with Crippen LogP contribution in [0.2, 0.25) is 0 Å². The predicted molar refractivity (Wildman–Crippen MR) is 92.0 cm³/mol. The van der Waals surface area contributed by atoms with Gasteiger partial charge in [0.25, 0.3) is 0 Å². The molecule has 0 spiro atoms. The Bertz CT molecular complexity index is 472. The van der Waals surface area contributed by atoms with E-state index in [0.717, 1.165) is 0 Å². The van der Waals surface area contributed by atoms with Crippen molar-refractivity contribution in [2.45, 2.75) is 46.3 Å². The summed E-state index contributed by atoms with van der Waals surface area (Å²) in [4.78, 5) is 38.4. The molecule has 0 aromatic carbocycles. The van der Waals surface area contributed by atoms with E-state index in [1.807, 2.05) is 13.8 Å². The van der Waals surface area contributed by atoms with E-state index < -0.39 is 29.7 Å². The second kappa shape index (κ2) is 15.0. The van der Waals surface area contributed by atoms with Crippen molar-refractivity contribution < 1.29 is 49.0 Å². The second-order valence-corrected chi connectivity index (χ2v) is 6.39. The zero-order chi connectivity index (χ0) is 21.5. The number of carboxylic acid groups (broad SMARTS) is 1. The molecule has 12 nitrogen and oxygen atoms in total. The van der Waals surface area contributed by atoms with Gasteiger partial charge in [0.2, 0.25) is 6.29 Å². The van der Waals surface area contributed by atoms with Crippen molar-refractivity contribution in [1.29, 1.82) is 0 Å². The molecule has 1 amide bonds. The van der Waals surface area contributed by atoms with Crippen LogP contribution >= 0.6 is 0 Å². The van der Waals surface area contributed by atoms with Crippen molar-refractivity contribution in [3.63, 3.8) is 0 Å². The monoisotopic (exact) mass is 410 g/mol. The van der Waals surface area contributed by atoms with E-state index in [1.165, 1.54) is 6.92 Å². The minimum atomic E-state index is -1.13. The van der Waals surface area contributed by atoms with E-state index in [-0.39, 0.29) is 51.0 Å². The molecular formula is C16H30N2O10. The molecule has 2 atom stereocenters. The molecule has 12 heteroatoms. The molecule has 4 N–H and O–H groups in total. The lowest BCUT2D eigenvalue weighted by atomic mass is 9.94. The second-order valence-electron chi connectivity index (χ2n) is 6.39.